The summed E-state index contributed by atoms with van der Waals surface area (Å²) < 4.78 is 0. The molecule has 0 aromatic carbocycles. The standard InChI is InChI=1S/C20H34N4O3/c1-5-23-8-6-7-15(23)11-21-16(25)12-24-17(26)20(22-18(24)27)10-14(2)9-19(3,4)13-20/h14-15H,5-13H2,1-4H3,(H,21,25)(H,22,27). The van der Waals surface area contributed by atoms with E-state index >= 15 is 0 Å². The van der Waals surface area contributed by atoms with Gasteiger partial charge in [-0.2, -0.15) is 0 Å². The van der Waals surface area contributed by atoms with Crippen molar-refractivity contribution < 1.29 is 14.4 Å². The second-order valence-corrected chi connectivity index (χ2v) is 9.49. The number of hydrogen-bond donors (Lipinski definition) is 2. The van der Waals surface area contributed by atoms with Crippen LogP contribution in [0.15, 0.2) is 0 Å². The molecular weight excluding hydrogens is 344 g/mol. The number of hydrogen-bond acceptors (Lipinski definition) is 4. The Kier molecular flexibility index (Phi) is 5.52. The van der Waals surface area contributed by atoms with E-state index in [4.69, 9.17) is 0 Å². The fourth-order valence-corrected chi connectivity index (χ4v) is 5.62. The molecule has 27 heavy (non-hydrogen) atoms. The molecule has 3 atom stereocenters. The lowest BCUT2D eigenvalue weighted by molar-refractivity contribution is -0.137. The van der Waals surface area contributed by atoms with Gasteiger partial charge in [0.15, 0.2) is 0 Å². The third kappa shape index (κ3) is 4.13. The predicted octanol–water partition coefficient (Wildman–Crippen LogP) is 1.72. The lowest BCUT2D eigenvalue weighted by atomic mass is 9.64. The van der Waals surface area contributed by atoms with Gasteiger partial charge in [-0.1, -0.05) is 27.7 Å². The van der Waals surface area contributed by atoms with Crippen molar-refractivity contribution in [2.75, 3.05) is 26.2 Å². The van der Waals surface area contributed by atoms with Crippen LogP contribution in [-0.2, 0) is 9.59 Å². The van der Waals surface area contributed by atoms with Crippen LogP contribution in [0, 0.1) is 11.3 Å². The number of likely N-dealkylation sites (N-methyl/N-ethyl adjacent to an activating group) is 1. The monoisotopic (exact) mass is 378 g/mol. The van der Waals surface area contributed by atoms with Crippen LogP contribution >= 0.6 is 0 Å². The Labute approximate surface area is 162 Å². The summed E-state index contributed by atoms with van der Waals surface area (Å²) in [5.74, 6) is -0.144. The van der Waals surface area contributed by atoms with Gasteiger partial charge in [0, 0.05) is 12.6 Å². The third-order valence-electron chi connectivity index (χ3n) is 6.37. The molecule has 0 aromatic rings. The Bertz CT molecular complexity index is 620. The molecule has 2 N–H and O–H groups in total. The van der Waals surface area contributed by atoms with Crippen molar-refractivity contribution in [2.45, 2.75) is 71.4 Å². The molecule has 0 radical (unpaired) electrons. The van der Waals surface area contributed by atoms with Crippen LogP contribution in [0.3, 0.4) is 0 Å². The fraction of sp³-hybridized carbons (Fsp3) is 0.850. The molecule has 152 valence electrons. The summed E-state index contributed by atoms with van der Waals surface area (Å²) in [6.45, 7) is 11.0. The van der Waals surface area contributed by atoms with Gasteiger partial charge in [0.1, 0.15) is 12.1 Å². The predicted molar refractivity (Wildman–Crippen MR) is 103 cm³/mol. The Balaban J connectivity index is 1.59. The summed E-state index contributed by atoms with van der Waals surface area (Å²) in [5.41, 5.74) is -0.853. The van der Waals surface area contributed by atoms with Gasteiger partial charge in [0.05, 0.1) is 0 Å². The molecule has 0 bridgehead atoms. The molecule has 7 nitrogen and oxygen atoms in total. The first-order valence-corrected chi connectivity index (χ1v) is 10.3. The SMILES string of the molecule is CCN1CCCC1CNC(=O)CN1C(=O)NC2(CC(C)CC(C)(C)C2)C1=O. The molecular formula is C20H34N4O3. The average molecular weight is 379 g/mol. The molecule has 3 fully saturated rings. The van der Waals surface area contributed by atoms with Crippen LogP contribution in [0.1, 0.15) is 59.8 Å². The number of carbonyl (C=O) groups is 3. The van der Waals surface area contributed by atoms with Crippen molar-refractivity contribution in [3.05, 3.63) is 0 Å². The first-order valence-electron chi connectivity index (χ1n) is 10.3. The number of nitrogens with one attached hydrogen (secondary N) is 2. The maximum Gasteiger partial charge on any atom is 0.325 e. The second-order valence-electron chi connectivity index (χ2n) is 9.49. The highest BCUT2D eigenvalue weighted by molar-refractivity contribution is 6.09. The molecule has 3 rings (SSSR count). The van der Waals surface area contributed by atoms with E-state index in [2.05, 4.69) is 43.2 Å². The lowest BCUT2D eigenvalue weighted by Gasteiger charge is -2.43. The van der Waals surface area contributed by atoms with Crippen molar-refractivity contribution >= 4 is 17.8 Å². The smallest absolute Gasteiger partial charge is 0.325 e. The number of likely N-dealkylation sites (tertiary alicyclic amines) is 1. The summed E-state index contributed by atoms with van der Waals surface area (Å²) >= 11 is 0. The molecule has 2 saturated heterocycles. The minimum atomic E-state index is -0.844. The summed E-state index contributed by atoms with van der Waals surface area (Å²) in [6.07, 6.45) is 4.53. The highest BCUT2D eigenvalue weighted by Gasteiger charge is 2.56. The molecule has 2 heterocycles. The zero-order valence-electron chi connectivity index (χ0n) is 17.1. The van der Waals surface area contributed by atoms with E-state index in [0.717, 1.165) is 37.3 Å². The summed E-state index contributed by atoms with van der Waals surface area (Å²) in [6, 6.07) is -0.0792. The average Bonchev–Trinajstić information content (AvgIpc) is 3.09. The van der Waals surface area contributed by atoms with Gasteiger partial charge >= 0.3 is 6.03 Å². The van der Waals surface area contributed by atoms with Crippen LogP contribution in [-0.4, -0.2) is 65.4 Å². The van der Waals surface area contributed by atoms with Gasteiger partial charge in [-0.3, -0.25) is 19.4 Å². The largest absolute Gasteiger partial charge is 0.353 e. The zero-order chi connectivity index (χ0) is 19.8. The highest BCUT2D eigenvalue weighted by atomic mass is 16.2. The maximum atomic E-state index is 13.1. The fourth-order valence-electron chi connectivity index (χ4n) is 5.62. The quantitative estimate of drug-likeness (QED) is 0.714. The molecule has 1 spiro atoms. The molecule has 7 heteroatoms. The van der Waals surface area contributed by atoms with E-state index in [0.29, 0.717) is 31.3 Å². The molecule has 2 aliphatic heterocycles. The minimum absolute atomic E-state index is 0.00897. The number of amides is 4. The van der Waals surface area contributed by atoms with E-state index in [-0.39, 0.29) is 23.8 Å². The molecule has 0 aromatic heterocycles. The van der Waals surface area contributed by atoms with E-state index in [1.165, 1.54) is 0 Å². The number of carbonyl (C=O) groups excluding carboxylic acids is 3. The summed E-state index contributed by atoms with van der Waals surface area (Å²) in [5, 5.41) is 5.84. The zero-order valence-corrected chi connectivity index (χ0v) is 17.1. The van der Waals surface area contributed by atoms with Crippen LogP contribution < -0.4 is 10.6 Å². The topological polar surface area (TPSA) is 81.8 Å². The Morgan fingerprint density at radius 2 is 2.04 bits per heavy atom. The van der Waals surface area contributed by atoms with Crippen molar-refractivity contribution in [3.63, 3.8) is 0 Å². The molecule has 1 saturated carbocycles. The Hall–Kier alpha value is -1.63. The maximum absolute atomic E-state index is 13.1. The Morgan fingerprint density at radius 3 is 2.70 bits per heavy atom. The number of imide groups is 1. The molecule has 3 aliphatic rings. The first-order chi connectivity index (χ1) is 12.7. The van der Waals surface area contributed by atoms with Gasteiger partial charge in [-0.15, -0.1) is 0 Å². The summed E-state index contributed by atoms with van der Waals surface area (Å²) in [4.78, 5) is 41.4. The van der Waals surface area contributed by atoms with Crippen molar-refractivity contribution in [2.24, 2.45) is 11.3 Å². The van der Waals surface area contributed by atoms with Crippen LogP contribution in [0.4, 0.5) is 4.79 Å². The first kappa shape index (κ1) is 20.1. The van der Waals surface area contributed by atoms with Gasteiger partial charge < -0.3 is 10.6 Å². The normalized spacial score (nSPS) is 33.6. The Morgan fingerprint density at radius 1 is 1.30 bits per heavy atom. The summed E-state index contributed by atoms with van der Waals surface area (Å²) in [7, 11) is 0. The molecule has 4 amide bonds. The molecule has 3 unspecified atom stereocenters. The van der Waals surface area contributed by atoms with Crippen LogP contribution in [0.5, 0.6) is 0 Å². The van der Waals surface area contributed by atoms with Gasteiger partial charge in [0.25, 0.3) is 5.91 Å². The highest BCUT2D eigenvalue weighted by Crippen LogP contribution is 2.46. The van der Waals surface area contributed by atoms with E-state index in [1.54, 1.807) is 0 Å². The van der Waals surface area contributed by atoms with Crippen LogP contribution in [0.2, 0.25) is 0 Å². The van der Waals surface area contributed by atoms with E-state index in [1.807, 2.05) is 0 Å². The van der Waals surface area contributed by atoms with Crippen molar-refractivity contribution in [3.8, 4) is 0 Å². The number of urea groups is 1. The van der Waals surface area contributed by atoms with E-state index < -0.39 is 11.6 Å². The lowest BCUT2D eigenvalue weighted by Crippen LogP contribution is -2.54. The minimum Gasteiger partial charge on any atom is -0.353 e. The van der Waals surface area contributed by atoms with Crippen molar-refractivity contribution in [1.82, 2.24) is 20.4 Å². The van der Waals surface area contributed by atoms with E-state index in [9.17, 15) is 14.4 Å². The second kappa shape index (κ2) is 7.41. The molecule has 1 aliphatic carbocycles. The van der Waals surface area contributed by atoms with Gasteiger partial charge in [-0.25, -0.2) is 4.79 Å². The van der Waals surface area contributed by atoms with Gasteiger partial charge in [-0.05, 0) is 56.5 Å². The van der Waals surface area contributed by atoms with Crippen LogP contribution in [0.25, 0.3) is 0 Å². The number of nitrogens with zero attached hydrogens (tertiary/aromatic N) is 2. The third-order valence-corrected chi connectivity index (χ3v) is 6.37. The number of rotatable bonds is 5. The van der Waals surface area contributed by atoms with Gasteiger partial charge in [0.2, 0.25) is 5.91 Å². The van der Waals surface area contributed by atoms with Crippen molar-refractivity contribution in [1.29, 1.82) is 0 Å².